The van der Waals surface area contributed by atoms with E-state index in [0.29, 0.717) is 5.92 Å². The van der Waals surface area contributed by atoms with Crippen LogP contribution in [0.4, 0.5) is 28.4 Å². The van der Waals surface area contributed by atoms with Gasteiger partial charge in [-0.3, -0.25) is 0 Å². The van der Waals surface area contributed by atoms with Crippen molar-refractivity contribution < 1.29 is 0 Å². The van der Waals surface area contributed by atoms with Gasteiger partial charge < -0.3 is 9.80 Å². The Morgan fingerprint density at radius 3 is 1.70 bits per heavy atom. The van der Waals surface area contributed by atoms with Gasteiger partial charge in [-0.05, 0) is 102 Å². The molecule has 7 rings (SSSR count). The van der Waals surface area contributed by atoms with Gasteiger partial charge in [0.25, 0.3) is 0 Å². The highest BCUT2D eigenvalue weighted by molar-refractivity contribution is 5.81. The second kappa shape index (κ2) is 13.2. The lowest BCUT2D eigenvalue weighted by Gasteiger charge is -2.27. The summed E-state index contributed by atoms with van der Waals surface area (Å²) in [6, 6.07) is 54.9. The molecule has 6 aromatic rings. The Kier molecular flexibility index (Phi) is 8.34. The van der Waals surface area contributed by atoms with Crippen molar-refractivity contribution in [2.45, 2.75) is 19.3 Å². The van der Waals surface area contributed by atoms with E-state index in [9.17, 15) is 0 Å². The van der Waals surface area contributed by atoms with Crippen molar-refractivity contribution >= 4 is 28.4 Å². The molecule has 0 bridgehead atoms. The molecule has 1 aliphatic carbocycles. The SMILES string of the molecule is Cc1ccc(N(C)c2ccc(-c3ccc(N(c4cccc(-c5ccccc5)c4)c4cccc(C5C=CC=CC5)c4)cc3)cc2)cc1. The quantitative estimate of drug-likeness (QED) is 0.173. The predicted molar refractivity (Wildman–Crippen MR) is 197 cm³/mol. The number of hydrogen-bond acceptors (Lipinski definition) is 2. The molecule has 1 unspecified atom stereocenters. The minimum atomic E-state index is 0.387. The van der Waals surface area contributed by atoms with Gasteiger partial charge in [0.05, 0.1) is 0 Å². The van der Waals surface area contributed by atoms with Crippen LogP contribution in [0.1, 0.15) is 23.5 Å². The van der Waals surface area contributed by atoms with Crippen LogP contribution in [-0.4, -0.2) is 7.05 Å². The highest BCUT2D eigenvalue weighted by Crippen LogP contribution is 2.39. The van der Waals surface area contributed by atoms with Crippen molar-refractivity contribution in [2.75, 3.05) is 16.8 Å². The maximum atomic E-state index is 2.38. The number of nitrogens with zero attached hydrogens (tertiary/aromatic N) is 2. The van der Waals surface area contributed by atoms with E-state index in [1.165, 1.54) is 39.1 Å². The van der Waals surface area contributed by atoms with Gasteiger partial charge in [-0.25, -0.2) is 0 Å². The molecule has 6 aromatic carbocycles. The molecule has 0 fully saturated rings. The normalized spacial score (nSPS) is 13.8. The molecule has 0 heterocycles. The first-order chi connectivity index (χ1) is 22.6. The van der Waals surface area contributed by atoms with E-state index < -0.39 is 0 Å². The van der Waals surface area contributed by atoms with E-state index in [-0.39, 0.29) is 0 Å². The molecule has 0 radical (unpaired) electrons. The van der Waals surface area contributed by atoms with E-state index in [0.717, 1.165) is 29.2 Å². The number of anilines is 5. The van der Waals surface area contributed by atoms with E-state index in [1.54, 1.807) is 0 Å². The fourth-order valence-electron chi connectivity index (χ4n) is 6.22. The Morgan fingerprint density at radius 2 is 1.04 bits per heavy atom. The highest BCUT2D eigenvalue weighted by atomic mass is 15.1. The predicted octanol–water partition coefficient (Wildman–Crippen LogP) is 12.2. The smallest absolute Gasteiger partial charge is 0.0467 e. The summed E-state index contributed by atoms with van der Waals surface area (Å²) in [6.45, 7) is 2.12. The monoisotopic (exact) mass is 594 g/mol. The molecule has 2 heteroatoms. The number of aryl methyl sites for hydroxylation is 1. The molecule has 0 saturated heterocycles. The summed E-state index contributed by atoms with van der Waals surface area (Å²) in [6.07, 6.45) is 9.88. The lowest BCUT2D eigenvalue weighted by atomic mass is 9.92. The van der Waals surface area contributed by atoms with Gasteiger partial charge in [0.15, 0.2) is 0 Å². The lowest BCUT2D eigenvalue weighted by Crippen LogP contribution is -2.11. The summed E-state index contributed by atoms with van der Waals surface area (Å²) in [7, 11) is 2.12. The van der Waals surface area contributed by atoms with E-state index in [1.807, 2.05) is 0 Å². The summed E-state index contributed by atoms with van der Waals surface area (Å²) in [5.41, 5.74) is 13.2. The van der Waals surface area contributed by atoms with E-state index in [4.69, 9.17) is 0 Å². The van der Waals surface area contributed by atoms with Gasteiger partial charge in [-0.15, -0.1) is 0 Å². The zero-order valence-corrected chi connectivity index (χ0v) is 26.4. The third-order valence-corrected chi connectivity index (χ3v) is 8.88. The van der Waals surface area contributed by atoms with Crippen LogP contribution in [0, 0.1) is 6.92 Å². The third-order valence-electron chi connectivity index (χ3n) is 8.88. The van der Waals surface area contributed by atoms with Crippen molar-refractivity contribution in [1.29, 1.82) is 0 Å². The summed E-state index contributed by atoms with van der Waals surface area (Å²) < 4.78 is 0. The van der Waals surface area contributed by atoms with Gasteiger partial charge >= 0.3 is 0 Å². The Balaban J connectivity index is 1.22. The first-order valence-corrected chi connectivity index (χ1v) is 16.0. The molecular formula is C44H38N2. The van der Waals surface area contributed by atoms with Crippen molar-refractivity contribution in [3.63, 3.8) is 0 Å². The first-order valence-electron chi connectivity index (χ1n) is 16.0. The molecular weight excluding hydrogens is 556 g/mol. The summed E-state index contributed by atoms with van der Waals surface area (Å²) in [4.78, 5) is 4.60. The van der Waals surface area contributed by atoms with Crippen molar-refractivity contribution in [1.82, 2.24) is 0 Å². The van der Waals surface area contributed by atoms with Crippen molar-refractivity contribution in [3.8, 4) is 22.3 Å². The molecule has 0 saturated carbocycles. The Morgan fingerprint density at radius 1 is 0.478 bits per heavy atom. The second-order valence-electron chi connectivity index (χ2n) is 12.0. The lowest BCUT2D eigenvalue weighted by molar-refractivity contribution is 0.853. The number of rotatable bonds is 8. The maximum Gasteiger partial charge on any atom is 0.0467 e. The van der Waals surface area contributed by atoms with Crippen LogP contribution in [-0.2, 0) is 0 Å². The second-order valence-corrected chi connectivity index (χ2v) is 12.0. The average molecular weight is 595 g/mol. The van der Waals surface area contributed by atoms with Crippen LogP contribution in [0.2, 0.25) is 0 Å². The third kappa shape index (κ3) is 6.29. The average Bonchev–Trinajstić information content (AvgIpc) is 3.13. The van der Waals surface area contributed by atoms with Crippen LogP contribution in [0.3, 0.4) is 0 Å². The Labute approximate surface area is 273 Å². The van der Waals surface area contributed by atoms with Gasteiger partial charge in [0.2, 0.25) is 0 Å². The molecule has 2 nitrogen and oxygen atoms in total. The van der Waals surface area contributed by atoms with Crippen LogP contribution in [0.15, 0.2) is 176 Å². The summed E-state index contributed by atoms with van der Waals surface area (Å²) >= 11 is 0. The number of allylic oxidation sites excluding steroid dienone is 4. The highest BCUT2D eigenvalue weighted by Gasteiger charge is 2.17. The summed E-state index contributed by atoms with van der Waals surface area (Å²) in [5.74, 6) is 0.387. The molecule has 224 valence electrons. The van der Waals surface area contributed by atoms with Gasteiger partial charge in [-0.2, -0.15) is 0 Å². The van der Waals surface area contributed by atoms with E-state index >= 15 is 0 Å². The van der Waals surface area contributed by atoms with Crippen LogP contribution >= 0.6 is 0 Å². The van der Waals surface area contributed by atoms with Crippen molar-refractivity contribution in [2.24, 2.45) is 0 Å². The molecule has 0 spiro atoms. The summed E-state index contributed by atoms with van der Waals surface area (Å²) in [5, 5.41) is 0. The Hall–Kier alpha value is -5.60. The zero-order chi connectivity index (χ0) is 31.3. The van der Waals surface area contributed by atoms with Gasteiger partial charge in [0, 0.05) is 41.4 Å². The molecule has 0 aliphatic heterocycles. The molecule has 46 heavy (non-hydrogen) atoms. The van der Waals surface area contributed by atoms with Gasteiger partial charge in [0.1, 0.15) is 0 Å². The molecule has 0 aromatic heterocycles. The fraction of sp³-hybridized carbons (Fsp3) is 0.0909. The number of benzene rings is 6. The Bertz CT molecular complexity index is 1970. The van der Waals surface area contributed by atoms with Crippen molar-refractivity contribution in [3.05, 3.63) is 187 Å². The van der Waals surface area contributed by atoms with Crippen LogP contribution < -0.4 is 9.80 Å². The molecule has 1 aliphatic rings. The van der Waals surface area contributed by atoms with E-state index in [2.05, 4.69) is 200 Å². The zero-order valence-electron chi connectivity index (χ0n) is 26.4. The van der Waals surface area contributed by atoms with Crippen LogP contribution in [0.25, 0.3) is 22.3 Å². The minimum Gasteiger partial charge on any atom is -0.345 e. The molecule has 1 atom stereocenters. The minimum absolute atomic E-state index is 0.387. The molecule has 0 amide bonds. The van der Waals surface area contributed by atoms with Crippen LogP contribution in [0.5, 0.6) is 0 Å². The first kappa shape index (κ1) is 29.1. The topological polar surface area (TPSA) is 6.48 Å². The van der Waals surface area contributed by atoms with Gasteiger partial charge in [-0.1, -0.05) is 121 Å². The standard InChI is InChI=1S/C44H38N2/c1-33-19-25-40(26-20-33)45(2)41-27-21-36(22-28-41)37-23-29-42(30-24-37)46(43-17-9-15-38(31-43)34-11-5-3-6-12-34)44-18-10-16-39(32-44)35-13-7-4-8-14-35/h3-13,15-32,35H,14H2,1-2H3. The molecule has 0 N–H and O–H groups in total. The number of hydrogen-bond donors (Lipinski definition) is 0. The maximum absolute atomic E-state index is 2.38. The fourth-order valence-corrected chi connectivity index (χ4v) is 6.22. The largest absolute Gasteiger partial charge is 0.345 e.